The van der Waals surface area contributed by atoms with Gasteiger partial charge in [-0.2, -0.15) is 0 Å². The minimum absolute atomic E-state index is 0.0774. The number of amides is 1. The molecule has 2 aliphatic rings. The highest BCUT2D eigenvalue weighted by atomic mass is 32.1. The second kappa shape index (κ2) is 6.67. The number of nitrogens with zero attached hydrogens (tertiary/aromatic N) is 3. The third-order valence-corrected chi connectivity index (χ3v) is 4.46. The molecular weight excluding hydrogens is 290 g/mol. The fourth-order valence-electron chi connectivity index (χ4n) is 2.31. The van der Waals surface area contributed by atoms with Crippen LogP contribution in [-0.4, -0.2) is 59.4 Å². The summed E-state index contributed by atoms with van der Waals surface area (Å²) in [6.45, 7) is 5.37. The molecule has 1 amide bonds. The highest BCUT2D eigenvalue weighted by Crippen LogP contribution is 2.21. The second-order valence-corrected chi connectivity index (χ2v) is 6.44. The topological polar surface area (TPSA) is 79.4 Å². The number of hydrogen-bond donors (Lipinski definition) is 2. The van der Waals surface area contributed by atoms with Gasteiger partial charge in [0.05, 0.1) is 19.8 Å². The summed E-state index contributed by atoms with van der Waals surface area (Å²) in [6, 6.07) is 0.161. The molecule has 0 radical (unpaired) electrons. The van der Waals surface area contributed by atoms with Crippen molar-refractivity contribution < 1.29 is 9.53 Å². The van der Waals surface area contributed by atoms with Crippen molar-refractivity contribution in [1.29, 1.82) is 0 Å². The summed E-state index contributed by atoms with van der Waals surface area (Å²) >= 11 is 1.54. The summed E-state index contributed by atoms with van der Waals surface area (Å²) < 4.78 is 5.47. The van der Waals surface area contributed by atoms with E-state index in [0.29, 0.717) is 25.8 Å². The molecule has 0 bridgehead atoms. The Labute approximate surface area is 128 Å². The van der Waals surface area contributed by atoms with Crippen LogP contribution in [0.1, 0.15) is 24.8 Å². The average molecular weight is 311 g/mol. The van der Waals surface area contributed by atoms with Crippen LogP contribution in [0.5, 0.6) is 0 Å². The minimum Gasteiger partial charge on any atom is -0.378 e. The SMILES string of the molecule is CCNc1nnc(CN2CCOCC2C(=O)NC2CC2)s1. The van der Waals surface area contributed by atoms with Gasteiger partial charge in [-0.05, 0) is 19.8 Å². The van der Waals surface area contributed by atoms with Gasteiger partial charge in [0.1, 0.15) is 11.0 Å². The maximum atomic E-state index is 12.3. The van der Waals surface area contributed by atoms with E-state index < -0.39 is 0 Å². The van der Waals surface area contributed by atoms with E-state index in [1.165, 1.54) is 0 Å². The van der Waals surface area contributed by atoms with Crippen LogP contribution < -0.4 is 10.6 Å². The van der Waals surface area contributed by atoms with Crippen LogP contribution in [0.4, 0.5) is 5.13 Å². The van der Waals surface area contributed by atoms with Crippen LogP contribution in [0.3, 0.4) is 0 Å². The van der Waals surface area contributed by atoms with E-state index in [1.807, 2.05) is 6.92 Å². The number of carbonyl (C=O) groups excluding carboxylic acids is 1. The van der Waals surface area contributed by atoms with Crippen LogP contribution in [0.2, 0.25) is 0 Å². The molecule has 21 heavy (non-hydrogen) atoms. The smallest absolute Gasteiger partial charge is 0.239 e. The van der Waals surface area contributed by atoms with Crippen molar-refractivity contribution in [3.05, 3.63) is 5.01 Å². The molecule has 0 aromatic carbocycles. The summed E-state index contributed by atoms with van der Waals surface area (Å²) in [7, 11) is 0. The molecule has 1 saturated carbocycles. The van der Waals surface area contributed by atoms with E-state index in [4.69, 9.17) is 4.74 Å². The van der Waals surface area contributed by atoms with E-state index in [2.05, 4.69) is 25.7 Å². The minimum atomic E-state index is -0.217. The van der Waals surface area contributed by atoms with E-state index in [1.54, 1.807) is 11.3 Å². The second-order valence-electron chi connectivity index (χ2n) is 5.38. The number of carbonyl (C=O) groups is 1. The molecule has 7 nitrogen and oxygen atoms in total. The highest BCUT2D eigenvalue weighted by Gasteiger charge is 2.33. The zero-order valence-corrected chi connectivity index (χ0v) is 13.0. The molecule has 1 atom stereocenters. The highest BCUT2D eigenvalue weighted by molar-refractivity contribution is 7.15. The lowest BCUT2D eigenvalue weighted by Gasteiger charge is -2.33. The van der Waals surface area contributed by atoms with Crippen molar-refractivity contribution in [2.75, 3.05) is 31.6 Å². The largest absolute Gasteiger partial charge is 0.378 e. The number of hydrogen-bond acceptors (Lipinski definition) is 7. The Kier molecular flexibility index (Phi) is 4.67. The molecule has 0 spiro atoms. The first-order valence-corrected chi connectivity index (χ1v) is 8.26. The van der Waals surface area contributed by atoms with Gasteiger partial charge in [-0.25, -0.2) is 0 Å². The van der Waals surface area contributed by atoms with Crippen molar-refractivity contribution in [1.82, 2.24) is 20.4 Å². The van der Waals surface area contributed by atoms with Crippen molar-refractivity contribution in [2.24, 2.45) is 0 Å². The number of morpholine rings is 1. The molecule has 1 saturated heterocycles. The summed E-state index contributed by atoms with van der Waals surface area (Å²) in [5.41, 5.74) is 0. The quantitative estimate of drug-likeness (QED) is 0.794. The lowest BCUT2D eigenvalue weighted by atomic mass is 10.2. The van der Waals surface area contributed by atoms with Crippen LogP contribution in [-0.2, 0) is 16.1 Å². The number of aromatic nitrogens is 2. The average Bonchev–Trinajstić information content (AvgIpc) is 3.19. The predicted molar refractivity (Wildman–Crippen MR) is 80.3 cm³/mol. The lowest BCUT2D eigenvalue weighted by Crippen LogP contribution is -2.53. The monoisotopic (exact) mass is 311 g/mol. The lowest BCUT2D eigenvalue weighted by molar-refractivity contribution is -0.133. The third-order valence-electron chi connectivity index (χ3n) is 3.60. The zero-order chi connectivity index (χ0) is 14.7. The Morgan fingerprint density at radius 3 is 3.10 bits per heavy atom. The summed E-state index contributed by atoms with van der Waals surface area (Å²) in [5.74, 6) is 0.0774. The van der Waals surface area contributed by atoms with Gasteiger partial charge in [0.2, 0.25) is 11.0 Å². The molecule has 1 unspecified atom stereocenters. The molecule has 1 aliphatic carbocycles. The van der Waals surface area contributed by atoms with E-state index in [0.717, 1.165) is 36.1 Å². The van der Waals surface area contributed by atoms with E-state index in [9.17, 15) is 4.79 Å². The predicted octanol–water partition coefficient (Wildman–Crippen LogP) is 0.449. The van der Waals surface area contributed by atoms with Crippen LogP contribution in [0.15, 0.2) is 0 Å². The van der Waals surface area contributed by atoms with Crippen molar-refractivity contribution in [2.45, 2.75) is 38.4 Å². The van der Waals surface area contributed by atoms with E-state index in [-0.39, 0.29) is 11.9 Å². The zero-order valence-electron chi connectivity index (χ0n) is 12.2. The Balaban J connectivity index is 1.61. The Bertz CT molecular complexity index is 491. The molecule has 8 heteroatoms. The first-order valence-electron chi connectivity index (χ1n) is 7.44. The van der Waals surface area contributed by atoms with Gasteiger partial charge in [-0.15, -0.1) is 10.2 Å². The number of rotatable bonds is 6. The van der Waals surface area contributed by atoms with Crippen LogP contribution in [0, 0.1) is 0 Å². The first-order chi connectivity index (χ1) is 10.3. The maximum Gasteiger partial charge on any atom is 0.239 e. The molecule has 2 fully saturated rings. The van der Waals surface area contributed by atoms with Crippen molar-refractivity contribution in [3.8, 4) is 0 Å². The number of anilines is 1. The number of ether oxygens (including phenoxy) is 1. The summed E-state index contributed by atoms with van der Waals surface area (Å²) in [6.07, 6.45) is 2.20. The maximum absolute atomic E-state index is 12.3. The number of nitrogens with one attached hydrogen (secondary N) is 2. The molecule has 1 aliphatic heterocycles. The first kappa shape index (κ1) is 14.7. The van der Waals surface area contributed by atoms with Gasteiger partial charge in [0.15, 0.2) is 0 Å². The molecular formula is C13H21N5O2S. The van der Waals surface area contributed by atoms with Crippen molar-refractivity contribution >= 4 is 22.4 Å². The van der Waals surface area contributed by atoms with Gasteiger partial charge in [-0.1, -0.05) is 11.3 Å². The van der Waals surface area contributed by atoms with Gasteiger partial charge < -0.3 is 15.4 Å². The Morgan fingerprint density at radius 2 is 2.33 bits per heavy atom. The third kappa shape index (κ3) is 3.90. The Morgan fingerprint density at radius 1 is 1.48 bits per heavy atom. The fourth-order valence-corrected chi connectivity index (χ4v) is 3.14. The van der Waals surface area contributed by atoms with Gasteiger partial charge in [0.25, 0.3) is 0 Å². The molecule has 3 rings (SSSR count). The molecule has 1 aromatic rings. The molecule has 1 aromatic heterocycles. The van der Waals surface area contributed by atoms with Gasteiger partial charge in [0, 0.05) is 19.1 Å². The van der Waals surface area contributed by atoms with Gasteiger partial charge >= 0.3 is 0 Å². The standard InChI is InChI=1S/C13H21N5O2S/c1-2-14-13-17-16-11(21-13)7-18-5-6-20-8-10(18)12(19)15-9-3-4-9/h9-10H,2-8H2,1H3,(H,14,17)(H,15,19). The van der Waals surface area contributed by atoms with Crippen LogP contribution >= 0.6 is 11.3 Å². The normalized spacial score (nSPS) is 23.0. The summed E-state index contributed by atoms with van der Waals surface area (Å²) in [4.78, 5) is 14.4. The van der Waals surface area contributed by atoms with E-state index >= 15 is 0 Å². The fraction of sp³-hybridized carbons (Fsp3) is 0.769. The van der Waals surface area contributed by atoms with Crippen LogP contribution in [0.25, 0.3) is 0 Å². The molecule has 2 heterocycles. The summed E-state index contributed by atoms with van der Waals surface area (Å²) in [5, 5.41) is 16.3. The van der Waals surface area contributed by atoms with Crippen molar-refractivity contribution in [3.63, 3.8) is 0 Å². The van der Waals surface area contributed by atoms with Gasteiger partial charge in [-0.3, -0.25) is 9.69 Å². The Hall–Kier alpha value is -1.25. The molecule has 116 valence electrons. The molecule has 2 N–H and O–H groups in total.